The molecule has 81 heavy (non-hydrogen) atoms. The molecule has 17 nitrogen and oxygen atoms in total. The van der Waals surface area contributed by atoms with Gasteiger partial charge >= 0.3 is 39.5 Å². The molecule has 0 spiro atoms. The van der Waals surface area contributed by atoms with Crippen LogP contribution in [0, 0.1) is 11.8 Å². The van der Waals surface area contributed by atoms with Gasteiger partial charge in [-0.2, -0.15) is 0 Å². The Morgan fingerprint density at radius 2 is 0.630 bits per heavy atom. The fraction of sp³-hybridized carbons (Fsp3) is 0.935. The minimum Gasteiger partial charge on any atom is -0.462 e. The number of phosphoric acid groups is 2. The second kappa shape index (κ2) is 54.7. The van der Waals surface area contributed by atoms with Crippen molar-refractivity contribution < 1.29 is 80.2 Å². The molecule has 0 aliphatic carbocycles. The lowest BCUT2D eigenvalue weighted by Crippen LogP contribution is -2.30. The molecule has 0 aromatic rings. The summed E-state index contributed by atoms with van der Waals surface area (Å²) in [6.07, 6.45) is 36.3. The Bertz CT molecular complexity index is 1600. The average Bonchev–Trinajstić information content (AvgIpc) is 3.43. The molecule has 0 aliphatic rings. The predicted molar refractivity (Wildman–Crippen MR) is 321 cm³/mol. The first-order valence-corrected chi connectivity index (χ1v) is 35.5. The summed E-state index contributed by atoms with van der Waals surface area (Å²) in [5.74, 6) is -0.670. The van der Waals surface area contributed by atoms with Crippen LogP contribution in [0.25, 0.3) is 0 Å². The molecule has 0 radical (unpaired) electrons. The number of rotatable bonds is 61. The molecule has 0 bridgehead atoms. The summed E-state index contributed by atoms with van der Waals surface area (Å²) < 4.78 is 67.8. The zero-order chi connectivity index (χ0) is 60.1. The van der Waals surface area contributed by atoms with Crippen molar-refractivity contribution in [1.29, 1.82) is 0 Å². The summed E-state index contributed by atoms with van der Waals surface area (Å²) in [5, 5.41) is 10.5. The first-order chi connectivity index (χ1) is 38.9. The molecule has 0 aromatic heterocycles. The lowest BCUT2D eigenvalue weighted by molar-refractivity contribution is -0.161. The van der Waals surface area contributed by atoms with E-state index in [9.17, 15) is 43.2 Å². The maximum atomic E-state index is 13.0. The van der Waals surface area contributed by atoms with Gasteiger partial charge in [0, 0.05) is 25.7 Å². The Labute approximate surface area is 492 Å². The molecular weight excluding hydrogens is 1080 g/mol. The molecule has 0 saturated carbocycles. The molecular formula is C62H120O17P2. The summed E-state index contributed by atoms with van der Waals surface area (Å²) in [7, 11) is -9.88. The highest BCUT2D eigenvalue weighted by Crippen LogP contribution is 2.45. The standard InChI is InChI=1S/C62H120O17P2/c1-7-10-12-14-16-18-22-26-33-39-45-60(65)73-50-57(78-61(66)46-40-34-27-23-20-19-21-24-31-37-43-55(6)9-3)52-76-80(68,69)74-48-56(63)49-75-81(70,71)77-53-58(51-72-59(64)44-38-32-25-17-15-13-11-8-2)79-62(67)47-41-35-29-28-30-36-42-54(4)5/h54-58,63H,7-53H2,1-6H3,(H,68,69)(H,70,71)/t55?,56-,57-,58-/m1/s1. The van der Waals surface area contributed by atoms with E-state index in [-0.39, 0.29) is 25.7 Å². The van der Waals surface area contributed by atoms with Crippen LogP contribution in [0.3, 0.4) is 0 Å². The third kappa shape index (κ3) is 55.7. The van der Waals surface area contributed by atoms with Crippen molar-refractivity contribution in [2.45, 2.75) is 323 Å². The van der Waals surface area contributed by atoms with Crippen molar-refractivity contribution in [2.24, 2.45) is 11.8 Å². The van der Waals surface area contributed by atoms with Gasteiger partial charge in [-0.3, -0.25) is 37.3 Å². The minimum atomic E-state index is -4.94. The summed E-state index contributed by atoms with van der Waals surface area (Å²) in [6, 6.07) is 0. The highest BCUT2D eigenvalue weighted by Gasteiger charge is 2.30. The molecule has 3 N–H and O–H groups in total. The molecule has 0 aliphatic heterocycles. The van der Waals surface area contributed by atoms with E-state index in [0.717, 1.165) is 102 Å². The summed E-state index contributed by atoms with van der Waals surface area (Å²) in [6.45, 7) is 9.38. The summed E-state index contributed by atoms with van der Waals surface area (Å²) >= 11 is 0. The predicted octanol–water partition coefficient (Wildman–Crippen LogP) is 16.9. The van der Waals surface area contributed by atoms with Crippen LogP contribution in [0.5, 0.6) is 0 Å². The molecule has 0 rings (SSSR count). The van der Waals surface area contributed by atoms with Crippen molar-refractivity contribution in [2.75, 3.05) is 39.6 Å². The number of ether oxygens (including phenoxy) is 4. The lowest BCUT2D eigenvalue weighted by Gasteiger charge is -2.21. The molecule has 0 aromatic carbocycles. The number of esters is 4. The first kappa shape index (κ1) is 79.1. The van der Waals surface area contributed by atoms with Crippen molar-refractivity contribution in [3.63, 3.8) is 0 Å². The SMILES string of the molecule is CCCCCCCCCCCCC(=O)OC[C@H](COP(=O)(O)OC[C@@H](O)COP(=O)(O)OC[C@@H](COC(=O)CCCCCCCCCC)OC(=O)CCCCCCCCC(C)C)OC(=O)CCCCCCCCCCCCC(C)CC. The van der Waals surface area contributed by atoms with E-state index in [0.29, 0.717) is 31.6 Å². The maximum absolute atomic E-state index is 13.0. The third-order valence-electron chi connectivity index (χ3n) is 14.6. The van der Waals surface area contributed by atoms with E-state index in [1.165, 1.54) is 116 Å². The number of phosphoric ester groups is 2. The van der Waals surface area contributed by atoms with Crippen LogP contribution >= 0.6 is 15.6 Å². The van der Waals surface area contributed by atoms with E-state index in [2.05, 4.69) is 41.5 Å². The molecule has 19 heteroatoms. The Balaban J connectivity index is 5.22. The van der Waals surface area contributed by atoms with E-state index < -0.39 is 97.5 Å². The van der Waals surface area contributed by atoms with Gasteiger partial charge in [-0.15, -0.1) is 0 Å². The molecule has 480 valence electrons. The van der Waals surface area contributed by atoms with E-state index >= 15 is 0 Å². The highest BCUT2D eigenvalue weighted by atomic mass is 31.2. The Morgan fingerprint density at radius 1 is 0.358 bits per heavy atom. The van der Waals surface area contributed by atoms with Crippen LogP contribution in [-0.4, -0.2) is 96.7 Å². The lowest BCUT2D eigenvalue weighted by atomic mass is 9.99. The second-order valence-electron chi connectivity index (χ2n) is 23.2. The summed E-state index contributed by atoms with van der Waals surface area (Å²) in [4.78, 5) is 72.0. The Hall–Kier alpha value is -1.94. The van der Waals surface area contributed by atoms with Crippen LogP contribution in [0.4, 0.5) is 0 Å². The fourth-order valence-electron chi connectivity index (χ4n) is 9.15. The molecule has 0 fully saturated rings. The van der Waals surface area contributed by atoms with Gasteiger partial charge in [0.05, 0.1) is 26.4 Å². The van der Waals surface area contributed by atoms with Crippen LogP contribution in [0.1, 0.15) is 305 Å². The number of carbonyl (C=O) groups is 4. The number of carbonyl (C=O) groups excluding carboxylic acids is 4. The zero-order valence-electron chi connectivity index (χ0n) is 52.1. The molecule has 0 heterocycles. The zero-order valence-corrected chi connectivity index (χ0v) is 53.9. The second-order valence-corrected chi connectivity index (χ2v) is 26.1. The first-order valence-electron chi connectivity index (χ1n) is 32.5. The van der Waals surface area contributed by atoms with Crippen LogP contribution in [0.2, 0.25) is 0 Å². The van der Waals surface area contributed by atoms with Gasteiger partial charge < -0.3 is 33.8 Å². The third-order valence-corrected chi connectivity index (χ3v) is 16.5. The topological polar surface area (TPSA) is 237 Å². The Kier molecular flexibility index (Phi) is 53.4. The van der Waals surface area contributed by atoms with Crippen molar-refractivity contribution in [1.82, 2.24) is 0 Å². The van der Waals surface area contributed by atoms with Gasteiger partial charge in [-0.1, -0.05) is 253 Å². The monoisotopic (exact) mass is 1200 g/mol. The number of hydrogen-bond acceptors (Lipinski definition) is 15. The number of hydrogen-bond donors (Lipinski definition) is 3. The van der Waals surface area contributed by atoms with E-state index in [1.54, 1.807) is 0 Å². The van der Waals surface area contributed by atoms with Crippen molar-refractivity contribution >= 4 is 39.5 Å². The van der Waals surface area contributed by atoms with Crippen molar-refractivity contribution in [3.05, 3.63) is 0 Å². The van der Waals surface area contributed by atoms with Gasteiger partial charge in [0.2, 0.25) is 0 Å². The van der Waals surface area contributed by atoms with Gasteiger partial charge in [0.25, 0.3) is 0 Å². The summed E-state index contributed by atoms with van der Waals surface area (Å²) in [5.41, 5.74) is 0. The molecule has 6 atom stereocenters. The van der Waals surface area contributed by atoms with Gasteiger partial charge in [0.15, 0.2) is 12.2 Å². The van der Waals surface area contributed by atoms with E-state index in [1.807, 2.05) is 0 Å². The minimum absolute atomic E-state index is 0.102. The largest absolute Gasteiger partial charge is 0.472 e. The highest BCUT2D eigenvalue weighted by molar-refractivity contribution is 7.47. The smallest absolute Gasteiger partial charge is 0.462 e. The van der Waals surface area contributed by atoms with Gasteiger partial charge in [-0.05, 0) is 37.5 Å². The average molecular weight is 1200 g/mol. The number of aliphatic hydroxyl groups excluding tert-OH is 1. The normalized spacial score (nSPS) is 14.7. The van der Waals surface area contributed by atoms with Gasteiger partial charge in [0.1, 0.15) is 19.3 Å². The van der Waals surface area contributed by atoms with Crippen LogP contribution in [0.15, 0.2) is 0 Å². The van der Waals surface area contributed by atoms with E-state index in [4.69, 9.17) is 37.0 Å². The molecule has 0 saturated heterocycles. The molecule has 0 amide bonds. The molecule has 3 unspecified atom stereocenters. The number of unbranched alkanes of at least 4 members (excludes halogenated alkanes) is 30. The van der Waals surface area contributed by atoms with Crippen LogP contribution in [-0.2, 0) is 65.4 Å². The van der Waals surface area contributed by atoms with Crippen LogP contribution < -0.4 is 0 Å². The Morgan fingerprint density at radius 3 is 0.938 bits per heavy atom. The van der Waals surface area contributed by atoms with Gasteiger partial charge in [-0.25, -0.2) is 9.13 Å². The quantitative estimate of drug-likeness (QED) is 0.0222. The van der Waals surface area contributed by atoms with Crippen molar-refractivity contribution in [3.8, 4) is 0 Å². The number of aliphatic hydroxyl groups is 1. The maximum Gasteiger partial charge on any atom is 0.472 e. The fourth-order valence-corrected chi connectivity index (χ4v) is 10.7.